The van der Waals surface area contributed by atoms with Gasteiger partial charge in [0.2, 0.25) is 0 Å². The second kappa shape index (κ2) is 4.65. The summed E-state index contributed by atoms with van der Waals surface area (Å²) in [5, 5.41) is 10.1. The van der Waals surface area contributed by atoms with Gasteiger partial charge >= 0.3 is 0 Å². The number of phenols is 1. The van der Waals surface area contributed by atoms with E-state index >= 15 is 0 Å². The van der Waals surface area contributed by atoms with Crippen LogP contribution in [0.25, 0.3) is 22.3 Å². The lowest BCUT2D eigenvalue weighted by Gasteiger charge is -2.06. The number of phenolic OH excluding ortho intramolecular Hbond substituents is 1. The van der Waals surface area contributed by atoms with Gasteiger partial charge in [-0.05, 0) is 52.9 Å². The summed E-state index contributed by atoms with van der Waals surface area (Å²) >= 11 is 2.14. The van der Waals surface area contributed by atoms with Crippen LogP contribution in [0.1, 0.15) is 0 Å². The third-order valence-corrected chi connectivity index (χ3v) is 3.76. The molecule has 19 heavy (non-hydrogen) atoms. The van der Waals surface area contributed by atoms with Crippen LogP contribution in [0.15, 0.2) is 47.3 Å². The van der Waals surface area contributed by atoms with Crippen molar-refractivity contribution in [2.75, 3.05) is 0 Å². The molecule has 2 N–H and O–H groups in total. The van der Waals surface area contributed by atoms with Crippen LogP contribution in [-0.4, -0.2) is 15.1 Å². The molecule has 0 saturated carbocycles. The maximum Gasteiger partial charge on any atom is 0.259 e. The molecule has 3 rings (SSSR count). The molecule has 0 spiro atoms. The van der Waals surface area contributed by atoms with Gasteiger partial charge in [-0.1, -0.05) is 12.1 Å². The normalized spacial score (nSPS) is 10.8. The largest absolute Gasteiger partial charge is 0.508 e. The van der Waals surface area contributed by atoms with Crippen LogP contribution in [0, 0.1) is 3.57 Å². The van der Waals surface area contributed by atoms with Gasteiger partial charge in [0.05, 0.1) is 10.9 Å². The van der Waals surface area contributed by atoms with Crippen LogP contribution in [0.2, 0.25) is 0 Å². The Hall–Kier alpha value is -1.89. The van der Waals surface area contributed by atoms with Crippen molar-refractivity contribution in [1.29, 1.82) is 0 Å². The molecule has 0 atom stereocenters. The Morgan fingerprint density at radius 1 is 1.16 bits per heavy atom. The van der Waals surface area contributed by atoms with Crippen molar-refractivity contribution in [3.05, 3.63) is 56.4 Å². The predicted molar refractivity (Wildman–Crippen MR) is 82.2 cm³/mol. The number of nitrogens with zero attached hydrogens (tertiary/aromatic N) is 1. The molecule has 0 bridgehead atoms. The molecule has 1 aromatic heterocycles. The average molecular weight is 364 g/mol. The SMILES string of the molecule is O=c1[nH]c(-c2cc(O)ccc2I)nc2ccccc12. The number of hydrogen-bond acceptors (Lipinski definition) is 3. The molecule has 0 aliphatic heterocycles. The number of hydrogen-bond donors (Lipinski definition) is 2. The van der Waals surface area contributed by atoms with Crippen LogP contribution >= 0.6 is 22.6 Å². The maximum absolute atomic E-state index is 12.0. The monoisotopic (exact) mass is 364 g/mol. The van der Waals surface area contributed by atoms with E-state index in [2.05, 4.69) is 32.6 Å². The number of aromatic nitrogens is 2. The highest BCUT2D eigenvalue weighted by Crippen LogP contribution is 2.26. The summed E-state index contributed by atoms with van der Waals surface area (Å²) in [6.07, 6.45) is 0. The Bertz CT molecular complexity index is 827. The van der Waals surface area contributed by atoms with Gasteiger partial charge in [0.15, 0.2) is 0 Å². The topological polar surface area (TPSA) is 66.0 Å². The van der Waals surface area contributed by atoms with Crippen molar-refractivity contribution >= 4 is 33.5 Å². The summed E-state index contributed by atoms with van der Waals surface area (Å²) < 4.78 is 0.911. The summed E-state index contributed by atoms with van der Waals surface area (Å²) in [7, 11) is 0. The number of halogens is 1. The molecule has 0 aliphatic rings. The molecule has 0 amide bonds. The molecule has 3 aromatic rings. The van der Waals surface area contributed by atoms with E-state index in [1.54, 1.807) is 36.4 Å². The number of H-pyrrole nitrogens is 1. The first-order valence-corrected chi connectivity index (χ1v) is 6.71. The molecular formula is C14H9IN2O2. The van der Waals surface area contributed by atoms with Gasteiger partial charge in [0.1, 0.15) is 11.6 Å². The minimum Gasteiger partial charge on any atom is -0.508 e. The zero-order valence-corrected chi connectivity index (χ0v) is 11.9. The summed E-state index contributed by atoms with van der Waals surface area (Å²) in [4.78, 5) is 19.2. The number of fused-ring (bicyclic) bond motifs is 1. The summed E-state index contributed by atoms with van der Waals surface area (Å²) in [5.41, 5.74) is 1.17. The Balaban J connectivity index is 2.31. The Labute approximate surface area is 122 Å². The van der Waals surface area contributed by atoms with Gasteiger partial charge in [0, 0.05) is 9.13 Å². The second-order valence-corrected chi connectivity index (χ2v) is 5.26. The van der Waals surface area contributed by atoms with Gasteiger partial charge in [-0.15, -0.1) is 0 Å². The summed E-state index contributed by atoms with van der Waals surface area (Å²) in [6.45, 7) is 0. The molecule has 0 saturated heterocycles. The van der Waals surface area contributed by atoms with Crippen molar-refractivity contribution in [3.63, 3.8) is 0 Å². The zero-order valence-electron chi connectivity index (χ0n) is 9.72. The molecule has 0 fully saturated rings. The van der Waals surface area contributed by atoms with E-state index in [1.807, 2.05) is 6.07 Å². The number of nitrogens with one attached hydrogen (secondary N) is 1. The van der Waals surface area contributed by atoms with Crippen molar-refractivity contribution in [2.24, 2.45) is 0 Å². The molecule has 0 unspecified atom stereocenters. The van der Waals surface area contributed by atoms with Crippen molar-refractivity contribution in [2.45, 2.75) is 0 Å². The van der Waals surface area contributed by atoms with E-state index in [0.717, 1.165) is 3.57 Å². The van der Waals surface area contributed by atoms with Gasteiger partial charge in [-0.2, -0.15) is 0 Å². The predicted octanol–water partition coefficient (Wildman–Crippen LogP) is 2.90. The molecule has 0 aliphatic carbocycles. The second-order valence-electron chi connectivity index (χ2n) is 4.10. The molecular weight excluding hydrogens is 355 g/mol. The fourth-order valence-corrected chi connectivity index (χ4v) is 2.50. The smallest absolute Gasteiger partial charge is 0.259 e. The van der Waals surface area contributed by atoms with Gasteiger partial charge in [0.25, 0.3) is 5.56 Å². The highest BCUT2D eigenvalue weighted by atomic mass is 127. The van der Waals surface area contributed by atoms with Gasteiger partial charge < -0.3 is 10.1 Å². The number of para-hydroxylation sites is 1. The number of rotatable bonds is 1. The maximum atomic E-state index is 12.0. The number of aromatic amines is 1. The fraction of sp³-hybridized carbons (Fsp3) is 0. The Kier molecular flexibility index (Phi) is 2.98. The summed E-state index contributed by atoms with van der Waals surface area (Å²) in [5.74, 6) is 0.607. The van der Waals surface area contributed by atoms with Gasteiger partial charge in [-0.3, -0.25) is 4.79 Å². The van der Waals surface area contributed by atoms with E-state index < -0.39 is 0 Å². The van der Waals surface area contributed by atoms with Crippen LogP contribution in [0.5, 0.6) is 5.75 Å². The van der Waals surface area contributed by atoms with E-state index in [4.69, 9.17) is 0 Å². The zero-order chi connectivity index (χ0) is 13.4. The fourth-order valence-electron chi connectivity index (χ4n) is 1.91. The van der Waals surface area contributed by atoms with Crippen molar-refractivity contribution in [1.82, 2.24) is 9.97 Å². The van der Waals surface area contributed by atoms with Crippen LogP contribution in [0.3, 0.4) is 0 Å². The first kappa shape index (κ1) is 12.2. The lowest BCUT2D eigenvalue weighted by atomic mass is 10.2. The number of benzene rings is 2. The molecule has 2 aromatic carbocycles. The third kappa shape index (κ3) is 2.21. The molecule has 0 radical (unpaired) electrons. The molecule has 1 heterocycles. The first-order chi connectivity index (χ1) is 9.15. The van der Waals surface area contributed by atoms with E-state index in [-0.39, 0.29) is 11.3 Å². The van der Waals surface area contributed by atoms with Crippen LogP contribution < -0.4 is 5.56 Å². The molecule has 94 valence electrons. The summed E-state index contributed by atoms with van der Waals surface area (Å²) in [6, 6.07) is 12.1. The first-order valence-electron chi connectivity index (χ1n) is 5.63. The van der Waals surface area contributed by atoms with E-state index in [0.29, 0.717) is 22.3 Å². The number of aromatic hydroxyl groups is 1. The molecule has 4 nitrogen and oxygen atoms in total. The standard InChI is InChI=1S/C14H9IN2O2/c15-11-6-5-8(18)7-10(11)13-16-12-4-2-1-3-9(12)14(19)17-13/h1-7,18H,(H,16,17,19). The lowest BCUT2D eigenvalue weighted by Crippen LogP contribution is -2.09. The minimum atomic E-state index is -0.181. The van der Waals surface area contributed by atoms with E-state index in [9.17, 15) is 9.90 Å². The van der Waals surface area contributed by atoms with Crippen LogP contribution in [0.4, 0.5) is 0 Å². The minimum absolute atomic E-state index is 0.145. The molecule has 5 heteroatoms. The third-order valence-electron chi connectivity index (χ3n) is 2.82. The van der Waals surface area contributed by atoms with Crippen LogP contribution in [-0.2, 0) is 0 Å². The van der Waals surface area contributed by atoms with Crippen molar-refractivity contribution < 1.29 is 5.11 Å². The highest BCUT2D eigenvalue weighted by molar-refractivity contribution is 14.1. The Morgan fingerprint density at radius 3 is 2.79 bits per heavy atom. The quantitative estimate of drug-likeness (QED) is 0.653. The lowest BCUT2D eigenvalue weighted by molar-refractivity contribution is 0.475. The van der Waals surface area contributed by atoms with Crippen molar-refractivity contribution in [3.8, 4) is 17.1 Å². The average Bonchev–Trinajstić information content (AvgIpc) is 2.41. The Morgan fingerprint density at radius 2 is 1.95 bits per heavy atom. The van der Waals surface area contributed by atoms with E-state index in [1.165, 1.54) is 0 Å². The highest BCUT2D eigenvalue weighted by Gasteiger charge is 2.09. The van der Waals surface area contributed by atoms with Gasteiger partial charge in [-0.25, -0.2) is 4.98 Å².